The van der Waals surface area contributed by atoms with Gasteiger partial charge in [-0.25, -0.2) is 0 Å². The van der Waals surface area contributed by atoms with Gasteiger partial charge in [-0.15, -0.1) is 0 Å². The van der Waals surface area contributed by atoms with Crippen molar-refractivity contribution in [2.45, 2.75) is 32.9 Å². The van der Waals surface area contributed by atoms with Crippen molar-refractivity contribution in [2.75, 3.05) is 5.32 Å². The second kappa shape index (κ2) is 8.28. The van der Waals surface area contributed by atoms with Crippen LogP contribution in [0.25, 0.3) is 0 Å². The average Bonchev–Trinajstić information content (AvgIpc) is 2.61. The molecule has 1 aromatic carbocycles. The fourth-order valence-corrected chi connectivity index (χ4v) is 3.98. The highest BCUT2D eigenvalue weighted by Gasteiger charge is 2.45. The highest BCUT2D eigenvalue weighted by Crippen LogP contribution is 2.42. The summed E-state index contributed by atoms with van der Waals surface area (Å²) in [6.45, 7) is 6.37. The summed E-state index contributed by atoms with van der Waals surface area (Å²) in [4.78, 5) is 36.6. The van der Waals surface area contributed by atoms with Crippen LogP contribution in [0, 0.1) is 34.0 Å². The van der Waals surface area contributed by atoms with E-state index in [1.807, 2.05) is 6.07 Å². The molecule has 0 spiro atoms. The van der Waals surface area contributed by atoms with Gasteiger partial charge in [0.15, 0.2) is 5.78 Å². The van der Waals surface area contributed by atoms with Crippen molar-refractivity contribution in [1.29, 1.82) is 10.5 Å². The van der Waals surface area contributed by atoms with Crippen molar-refractivity contribution in [3.05, 3.63) is 40.4 Å². The first-order chi connectivity index (χ1) is 13.1. The number of thioether (sulfide) groups is 1. The Morgan fingerprint density at radius 2 is 1.93 bits per heavy atom. The predicted molar refractivity (Wildman–Crippen MR) is 106 cm³/mol. The number of rotatable bonds is 5. The number of anilines is 1. The number of Topliss-reactive ketones (excluding diaryl/α,β-unsaturated/α-hetero) is 1. The lowest BCUT2D eigenvalue weighted by atomic mass is 9.72. The molecular formula is C20H20N4O3S. The van der Waals surface area contributed by atoms with Gasteiger partial charge in [-0.2, -0.15) is 10.5 Å². The van der Waals surface area contributed by atoms with E-state index < -0.39 is 22.5 Å². The molecule has 28 heavy (non-hydrogen) atoms. The molecule has 7 nitrogen and oxygen atoms in total. The van der Waals surface area contributed by atoms with E-state index in [0.717, 1.165) is 11.8 Å². The molecular weight excluding hydrogens is 376 g/mol. The van der Waals surface area contributed by atoms with Crippen molar-refractivity contribution < 1.29 is 14.4 Å². The van der Waals surface area contributed by atoms with Gasteiger partial charge in [-0.05, 0) is 26.0 Å². The molecule has 144 valence electrons. The standard InChI is InChI=1S/C20H20N4O3S/c1-11(25)13-7-5-6-8-16(13)23-17(26)12(2)28-19-15(10-22)20(3,4)14(9-21)18(27)24-19/h5-8,12,14H,1-4H3,(H,23,26)(H,24,27)/t12-,14+/m0/s1. The number of allylic oxidation sites excluding steroid dienone is 1. The summed E-state index contributed by atoms with van der Waals surface area (Å²) in [5.41, 5.74) is 0.0897. The number of hydrogen-bond acceptors (Lipinski definition) is 6. The van der Waals surface area contributed by atoms with Crippen LogP contribution >= 0.6 is 11.8 Å². The quantitative estimate of drug-likeness (QED) is 0.738. The van der Waals surface area contributed by atoms with Crippen molar-refractivity contribution in [2.24, 2.45) is 11.3 Å². The van der Waals surface area contributed by atoms with Gasteiger partial charge < -0.3 is 10.6 Å². The first-order valence-corrected chi connectivity index (χ1v) is 9.44. The number of hydrogen-bond donors (Lipinski definition) is 2. The molecule has 0 radical (unpaired) electrons. The second-order valence-electron chi connectivity index (χ2n) is 6.94. The van der Waals surface area contributed by atoms with E-state index in [0.29, 0.717) is 11.3 Å². The maximum absolute atomic E-state index is 12.6. The first-order valence-electron chi connectivity index (χ1n) is 8.56. The van der Waals surface area contributed by atoms with Gasteiger partial charge in [0.1, 0.15) is 5.92 Å². The molecule has 2 N–H and O–H groups in total. The molecule has 0 saturated heterocycles. The molecule has 1 aromatic rings. The topological polar surface area (TPSA) is 123 Å². The zero-order valence-corrected chi connectivity index (χ0v) is 16.8. The highest BCUT2D eigenvalue weighted by molar-refractivity contribution is 8.04. The molecule has 0 unspecified atom stereocenters. The van der Waals surface area contributed by atoms with Gasteiger partial charge in [-0.3, -0.25) is 14.4 Å². The minimum Gasteiger partial charge on any atom is -0.324 e. The van der Waals surface area contributed by atoms with Crippen LogP contribution in [0.15, 0.2) is 34.9 Å². The number of carbonyl (C=O) groups excluding carboxylic acids is 3. The summed E-state index contributed by atoms with van der Waals surface area (Å²) in [5.74, 6) is -2.03. The monoisotopic (exact) mass is 396 g/mol. The van der Waals surface area contributed by atoms with E-state index in [9.17, 15) is 24.9 Å². The number of nitrogens with one attached hydrogen (secondary N) is 2. The van der Waals surface area contributed by atoms with Crippen LogP contribution in [0.5, 0.6) is 0 Å². The third-order valence-electron chi connectivity index (χ3n) is 4.56. The normalized spacial score (nSPS) is 19.1. The Bertz CT molecular complexity index is 953. The highest BCUT2D eigenvalue weighted by atomic mass is 32.2. The van der Waals surface area contributed by atoms with Crippen molar-refractivity contribution >= 4 is 35.0 Å². The molecule has 1 aliphatic heterocycles. The van der Waals surface area contributed by atoms with E-state index in [-0.39, 0.29) is 22.3 Å². The maximum atomic E-state index is 12.6. The van der Waals surface area contributed by atoms with Gasteiger partial charge in [-0.1, -0.05) is 37.7 Å². The maximum Gasteiger partial charge on any atom is 0.243 e. The van der Waals surface area contributed by atoms with Crippen LogP contribution in [0.3, 0.4) is 0 Å². The summed E-state index contributed by atoms with van der Waals surface area (Å²) >= 11 is 1.03. The number of para-hydroxylation sites is 1. The molecule has 0 aromatic heterocycles. The van der Waals surface area contributed by atoms with Crippen LogP contribution < -0.4 is 10.6 Å². The van der Waals surface area contributed by atoms with Crippen LogP contribution in [0.2, 0.25) is 0 Å². The van der Waals surface area contributed by atoms with Gasteiger partial charge >= 0.3 is 0 Å². The van der Waals surface area contributed by atoms with Crippen molar-refractivity contribution in [1.82, 2.24) is 5.32 Å². The van der Waals surface area contributed by atoms with Crippen LogP contribution in [-0.2, 0) is 9.59 Å². The fourth-order valence-electron chi connectivity index (χ4n) is 2.88. The molecule has 1 aliphatic rings. The van der Waals surface area contributed by atoms with Gasteiger partial charge in [0.05, 0.1) is 33.7 Å². The summed E-state index contributed by atoms with van der Waals surface area (Å²) in [5, 5.41) is 23.7. The fraction of sp³-hybridized carbons (Fsp3) is 0.350. The lowest BCUT2D eigenvalue weighted by Gasteiger charge is -2.35. The number of carbonyl (C=O) groups is 3. The van der Waals surface area contributed by atoms with Crippen molar-refractivity contribution in [3.63, 3.8) is 0 Å². The van der Waals surface area contributed by atoms with E-state index in [1.54, 1.807) is 45.0 Å². The van der Waals surface area contributed by atoms with Gasteiger partial charge in [0.25, 0.3) is 0 Å². The van der Waals surface area contributed by atoms with Crippen LogP contribution in [-0.4, -0.2) is 22.8 Å². The smallest absolute Gasteiger partial charge is 0.243 e. The Morgan fingerprint density at radius 1 is 1.29 bits per heavy atom. The zero-order chi connectivity index (χ0) is 21.1. The first kappa shape index (κ1) is 21.2. The average molecular weight is 396 g/mol. The molecule has 8 heteroatoms. The number of ketones is 1. The number of nitriles is 2. The second-order valence-corrected chi connectivity index (χ2v) is 8.29. The Morgan fingerprint density at radius 3 is 2.50 bits per heavy atom. The molecule has 2 amide bonds. The molecule has 1 heterocycles. The Balaban J connectivity index is 2.25. The minimum atomic E-state index is -0.988. The van der Waals surface area contributed by atoms with Gasteiger partial charge in [0.2, 0.25) is 11.8 Å². The van der Waals surface area contributed by atoms with E-state index in [4.69, 9.17) is 0 Å². The Labute approximate surface area is 167 Å². The third-order valence-corrected chi connectivity index (χ3v) is 5.67. The predicted octanol–water partition coefficient (Wildman–Crippen LogP) is 2.98. The number of benzene rings is 1. The molecule has 0 bridgehead atoms. The summed E-state index contributed by atoms with van der Waals surface area (Å²) in [6, 6.07) is 10.7. The number of amides is 2. The molecule has 2 atom stereocenters. The molecule has 2 rings (SSSR count). The summed E-state index contributed by atoms with van der Waals surface area (Å²) in [7, 11) is 0. The largest absolute Gasteiger partial charge is 0.324 e. The lowest BCUT2D eigenvalue weighted by molar-refractivity contribution is -0.125. The molecule has 0 aliphatic carbocycles. The molecule has 0 fully saturated rings. The Hall–Kier alpha value is -3.10. The SMILES string of the molecule is CC(=O)c1ccccc1NC(=O)[C@H](C)SC1=C(C#N)C(C)(C)[C@H](C#N)C(=O)N1. The molecule has 0 saturated carbocycles. The van der Waals surface area contributed by atoms with E-state index >= 15 is 0 Å². The third kappa shape index (κ3) is 4.08. The van der Waals surface area contributed by atoms with Crippen LogP contribution in [0.4, 0.5) is 5.69 Å². The summed E-state index contributed by atoms with van der Waals surface area (Å²) < 4.78 is 0. The van der Waals surface area contributed by atoms with E-state index in [2.05, 4.69) is 16.7 Å². The Kier molecular flexibility index (Phi) is 6.27. The van der Waals surface area contributed by atoms with Crippen LogP contribution in [0.1, 0.15) is 38.1 Å². The summed E-state index contributed by atoms with van der Waals surface area (Å²) in [6.07, 6.45) is 0. The lowest BCUT2D eigenvalue weighted by Crippen LogP contribution is -2.45. The van der Waals surface area contributed by atoms with E-state index in [1.165, 1.54) is 6.92 Å². The minimum absolute atomic E-state index is 0.172. The van der Waals surface area contributed by atoms with Crippen molar-refractivity contribution in [3.8, 4) is 12.1 Å². The van der Waals surface area contributed by atoms with Gasteiger partial charge in [0, 0.05) is 11.0 Å². The number of nitrogens with zero attached hydrogens (tertiary/aromatic N) is 2. The zero-order valence-electron chi connectivity index (χ0n) is 16.0.